The minimum Gasteiger partial charge on any atom is -0.452 e. The second-order valence-corrected chi connectivity index (χ2v) is 6.74. The maximum Gasteiger partial charge on any atom is 0.331 e. The molecule has 8 nitrogen and oxygen atoms in total. The molecule has 0 aliphatic carbocycles. The van der Waals surface area contributed by atoms with E-state index in [0.717, 1.165) is 11.6 Å². The predicted octanol–water partition coefficient (Wildman–Crippen LogP) is 3.12. The number of ether oxygens (including phenoxy) is 1. The van der Waals surface area contributed by atoms with E-state index >= 15 is 0 Å². The maximum atomic E-state index is 12.0. The van der Waals surface area contributed by atoms with Crippen LogP contribution in [0.2, 0.25) is 5.02 Å². The van der Waals surface area contributed by atoms with E-state index in [4.69, 9.17) is 16.3 Å². The first-order valence-corrected chi connectivity index (χ1v) is 9.26. The summed E-state index contributed by atoms with van der Waals surface area (Å²) in [4.78, 5) is 45.9. The van der Waals surface area contributed by atoms with Crippen LogP contribution < -0.4 is 5.32 Å². The summed E-state index contributed by atoms with van der Waals surface area (Å²) in [6.07, 6.45) is 2.66. The number of carbonyl (C=O) groups excluding carboxylic acids is 3. The zero-order valence-electron chi connectivity index (χ0n) is 16.0. The zero-order valence-corrected chi connectivity index (χ0v) is 16.8. The first-order chi connectivity index (χ1) is 14.3. The van der Waals surface area contributed by atoms with Crippen LogP contribution >= 0.6 is 11.6 Å². The van der Waals surface area contributed by atoms with Crippen molar-refractivity contribution in [3.63, 3.8) is 0 Å². The molecule has 2 aromatic rings. The van der Waals surface area contributed by atoms with Crippen LogP contribution in [-0.4, -0.2) is 35.2 Å². The number of Topliss-reactive ketones (excluding diaryl/α,β-unsaturated/α-hetero) is 1. The van der Waals surface area contributed by atoms with Gasteiger partial charge in [0.15, 0.2) is 12.4 Å². The molecule has 0 bridgehead atoms. The Hall–Kier alpha value is -3.52. The Labute approximate surface area is 177 Å². The van der Waals surface area contributed by atoms with Gasteiger partial charge in [0.1, 0.15) is 5.02 Å². The molecule has 1 unspecified atom stereocenters. The topological polar surface area (TPSA) is 116 Å². The number of hydrogen-bond donors (Lipinski definition) is 1. The van der Waals surface area contributed by atoms with Gasteiger partial charge in [-0.1, -0.05) is 48.0 Å². The molecule has 0 aromatic heterocycles. The van der Waals surface area contributed by atoms with Crippen LogP contribution in [0.4, 0.5) is 5.69 Å². The fourth-order valence-electron chi connectivity index (χ4n) is 2.50. The van der Waals surface area contributed by atoms with Crippen molar-refractivity contribution in [2.45, 2.75) is 19.4 Å². The summed E-state index contributed by atoms with van der Waals surface area (Å²) >= 11 is 5.73. The second kappa shape index (κ2) is 10.9. The molecule has 0 heterocycles. The molecule has 2 aromatic carbocycles. The zero-order chi connectivity index (χ0) is 22.1. The molecule has 1 atom stereocenters. The van der Waals surface area contributed by atoms with E-state index in [9.17, 15) is 24.5 Å². The van der Waals surface area contributed by atoms with E-state index in [0.29, 0.717) is 12.0 Å². The number of hydrogen-bond acceptors (Lipinski definition) is 6. The van der Waals surface area contributed by atoms with Gasteiger partial charge in [0.2, 0.25) is 0 Å². The molecule has 2 rings (SSSR count). The fourth-order valence-corrected chi connectivity index (χ4v) is 2.69. The number of rotatable bonds is 9. The quantitative estimate of drug-likeness (QED) is 0.283. The Morgan fingerprint density at radius 3 is 2.53 bits per heavy atom. The number of nitrogens with zero attached hydrogens (tertiary/aromatic N) is 1. The molecular weight excluding hydrogens is 412 g/mol. The molecule has 1 amide bonds. The van der Waals surface area contributed by atoms with E-state index in [2.05, 4.69) is 5.32 Å². The highest BCUT2D eigenvalue weighted by molar-refractivity contribution is 6.32. The van der Waals surface area contributed by atoms with E-state index in [-0.39, 0.29) is 16.5 Å². The van der Waals surface area contributed by atoms with Crippen LogP contribution in [0.25, 0.3) is 6.08 Å². The van der Waals surface area contributed by atoms with Gasteiger partial charge in [-0.3, -0.25) is 19.7 Å². The number of ketones is 1. The second-order valence-electron chi connectivity index (χ2n) is 6.33. The molecule has 0 radical (unpaired) electrons. The first-order valence-electron chi connectivity index (χ1n) is 8.89. The smallest absolute Gasteiger partial charge is 0.331 e. The van der Waals surface area contributed by atoms with Gasteiger partial charge < -0.3 is 10.1 Å². The van der Waals surface area contributed by atoms with Crippen LogP contribution in [-0.2, 0) is 25.5 Å². The Morgan fingerprint density at radius 2 is 1.90 bits per heavy atom. The van der Waals surface area contributed by atoms with E-state index in [1.54, 1.807) is 0 Å². The van der Waals surface area contributed by atoms with Gasteiger partial charge in [0.25, 0.3) is 11.6 Å². The molecule has 9 heteroatoms. The van der Waals surface area contributed by atoms with Crippen LogP contribution in [0.1, 0.15) is 18.1 Å². The van der Waals surface area contributed by atoms with Gasteiger partial charge in [-0.05, 0) is 36.6 Å². The van der Waals surface area contributed by atoms with Crippen molar-refractivity contribution in [2.75, 3.05) is 6.61 Å². The average molecular weight is 431 g/mol. The monoisotopic (exact) mass is 430 g/mol. The van der Waals surface area contributed by atoms with Gasteiger partial charge in [-0.25, -0.2) is 4.79 Å². The van der Waals surface area contributed by atoms with Crippen LogP contribution in [0, 0.1) is 10.1 Å². The largest absolute Gasteiger partial charge is 0.452 e. The lowest BCUT2D eigenvalue weighted by Gasteiger charge is -2.16. The van der Waals surface area contributed by atoms with Crippen molar-refractivity contribution < 1.29 is 24.0 Å². The summed E-state index contributed by atoms with van der Waals surface area (Å²) in [7, 11) is 0. The van der Waals surface area contributed by atoms with Gasteiger partial charge in [-0.15, -0.1) is 0 Å². The van der Waals surface area contributed by atoms with Gasteiger partial charge in [-0.2, -0.15) is 0 Å². The Bertz CT molecular complexity index is 975. The van der Waals surface area contributed by atoms with Crippen molar-refractivity contribution in [1.29, 1.82) is 0 Å². The normalized spacial score (nSPS) is 11.7. The standard InChI is InChI=1S/C21H19ClN2O6/c1-14(25)18(11-15-5-3-2-4-6-15)23-20(26)13-30-21(27)10-8-16-7-9-17(22)19(12-16)24(28)29/h2-10,12,18H,11,13H2,1H3,(H,23,26)/b10-8+. The van der Waals surface area contributed by atoms with E-state index in [1.807, 2.05) is 30.3 Å². The third-order valence-corrected chi connectivity index (χ3v) is 4.35. The number of benzene rings is 2. The number of nitrogens with one attached hydrogen (secondary N) is 1. The Kier molecular flexibility index (Phi) is 8.25. The number of nitro benzene ring substituents is 1. The summed E-state index contributed by atoms with van der Waals surface area (Å²) < 4.78 is 4.85. The number of amides is 1. The number of carbonyl (C=O) groups is 3. The van der Waals surface area contributed by atoms with E-state index < -0.39 is 29.4 Å². The SMILES string of the molecule is CC(=O)C(Cc1ccccc1)NC(=O)COC(=O)/C=C/c1ccc(Cl)c([N+](=O)[O-])c1. The Morgan fingerprint density at radius 1 is 1.20 bits per heavy atom. The fraction of sp³-hybridized carbons (Fsp3) is 0.190. The highest BCUT2D eigenvalue weighted by Gasteiger charge is 2.18. The lowest BCUT2D eigenvalue weighted by atomic mass is 10.0. The highest BCUT2D eigenvalue weighted by atomic mass is 35.5. The highest BCUT2D eigenvalue weighted by Crippen LogP contribution is 2.25. The molecule has 1 N–H and O–H groups in total. The summed E-state index contributed by atoms with van der Waals surface area (Å²) in [6, 6.07) is 12.5. The van der Waals surface area contributed by atoms with Crippen molar-refractivity contribution in [3.8, 4) is 0 Å². The Balaban J connectivity index is 1.88. The molecule has 0 fully saturated rings. The van der Waals surface area contributed by atoms with Crippen molar-refractivity contribution >= 4 is 41.0 Å². The van der Waals surface area contributed by atoms with E-state index in [1.165, 1.54) is 31.2 Å². The summed E-state index contributed by atoms with van der Waals surface area (Å²) in [5, 5.41) is 13.4. The van der Waals surface area contributed by atoms with Crippen LogP contribution in [0.5, 0.6) is 0 Å². The minimum atomic E-state index is -0.815. The molecule has 30 heavy (non-hydrogen) atoms. The summed E-state index contributed by atoms with van der Waals surface area (Å²) in [5.74, 6) is -1.65. The molecule has 0 aliphatic heterocycles. The molecule has 0 saturated heterocycles. The van der Waals surface area contributed by atoms with Gasteiger partial charge >= 0.3 is 5.97 Å². The molecule has 0 aliphatic rings. The van der Waals surface area contributed by atoms with Crippen LogP contribution in [0.15, 0.2) is 54.6 Å². The number of nitro groups is 1. The summed E-state index contributed by atoms with van der Waals surface area (Å²) in [5.41, 5.74) is 0.960. The lowest BCUT2D eigenvalue weighted by Crippen LogP contribution is -2.43. The minimum absolute atomic E-state index is 0.0214. The van der Waals surface area contributed by atoms with Gasteiger partial charge in [0, 0.05) is 12.1 Å². The van der Waals surface area contributed by atoms with Crippen LogP contribution in [0.3, 0.4) is 0 Å². The average Bonchev–Trinajstić information content (AvgIpc) is 2.71. The third-order valence-electron chi connectivity index (χ3n) is 4.03. The predicted molar refractivity (Wildman–Crippen MR) is 111 cm³/mol. The maximum absolute atomic E-state index is 12.0. The molecule has 0 spiro atoms. The molecular formula is C21H19ClN2O6. The molecule has 156 valence electrons. The molecule has 0 saturated carbocycles. The van der Waals surface area contributed by atoms with Crippen molar-refractivity contribution in [1.82, 2.24) is 5.32 Å². The number of esters is 1. The van der Waals surface area contributed by atoms with Gasteiger partial charge in [0.05, 0.1) is 11.0 Å². The third kappa shape index (κ3) is 7.14. The first kappa shape index (κ1) is 22.8. The van der Waals surface area contributed by atoms with Crippen molar-refractivity contribution in [3.05, 3.63) is 80.9 Å². The van der Waals surface area contributed by atoms with Crippen molar-refractivity contribution in [2.24, 2.45) is 0 Å². The number of halogens is 1. The summed E-state index contributed by atoms with van der Waals surface area (Å²) in [6.45, 7) is 0.802. The lowest BCUT2D eigenvalue weighted by molar-refractivity contribution is -0.384.